The third-order valence-electron chi connectivity index (χ3n) is 3.18. The van der Waals surface area contributed by atoms with Gasteiger partial charge >= 0.3 is 0 Å². The van der Waals surface area contributed by atoms with Crippen molar-refractivity contribution in [2.45, 2.75) is 38.1 Å². The van der Waals surface area contributed by atoms with Gasteiger partial charge in [0.1, 0.15) is 0 Å². The number of thioether (sulfide) groups is 1. The van der Waals surface area contributed by atoms with Gasteiger partial charge in [0.25, 0.3) is 0 Å². The molecule has 0 aliphatic heterocycles. The average Bonchev–Trinajstić information content (AvgIpc) is 2.74. The van der Waals surface area contributed by atoms with Crippen molar-refractivity contribution in [2.75, 3.05) is 38.7 Å². The van der Waals surface area contributed by atoms with E-state index in [1.54, 1.807) is 0 Å². The van der Waals surface area contributed by atoms with Crippen molar-refractivity contribution >= 4 is 11.8 Å². The molecule has 0 unspecified atom stereocenters. The summed E-state index contributed by atoms with van der Waals surface area (Å²) < 4.78 is 0. The summed E-state index contributed by atoms with van der Waals surface area (Å²) in [6.45, 7) is 3.67. The molecule has 0 aromatic carbocycles. The zero-order valence-corrected chi connectivity index (χ0v) is 11.1. The molecule has 1 saturated carbocycles. The molecule has 0 spiro atoms. The molecule has 0 amide bonds. The first-order valence-electron chi connectivity index (χ1n) is 6.24. The van der Waals surface area contributed by atoms with E-state index in [1.807, 2.05) is 11.8 Å². The van der Waals surface area contributed by atoms with Gasteiger partial charge in [0.15, 0.2) is 0 Å². The van der Waals surface area contributed by atoms with Gasteiger partial charge in [-0.25, -0.2) is 0 Å². The molecule has 1 N–H and O–H groups in total. The highest BCUT2D eigenvalue weighted by molar-refractivity contribution is 7.98. The highest BCUT2D eigenvalue weighted by Gasteiger charge is 2.13. The van der Waals surface area contributed by atoms with Crippen LogP contribution in [-0.4, -0.2) is 49.6 Å². The van der Waals surface area contributed by atoms with Gasteiger partial charge in [0, 0.05) is 18.3 Å². The maximum atomic E-state index is 3.66. The normalized spacial score (nSPS) is 17.8. The minimum Gasteiger partial charge on any atom is -0.314 e. The van der Waals surface area contributed by atoms with Crippen molar-refractivity contribution in [2.24, 2.45) is 0 Å². The summed E-state index contributed by atoms with van der Waals surface area (Å²) in [5.41, 5.74) is 0. The predicted molar refractivity (Wildman–Crippen MR) is 70.8 cm³/mol. The summed E-state index contributed by atoms with van der Waals surface area (Å²) in [5, 5.41) is 3.66. The van der Waals surface area contributed by atoms with Crippen molar-refractivity contribution in [1.82, 2.24) is 10.2 Å². The quantitative estimate of drug-likeness (QED) is 0.644. The molecule has 0 saturated heterocycles. The Morgan fingerprint density at radius 1 is 1.27 bits per heavy atom. The van der Waals surface area contributed by atoms with Gasteiger partial charge < -0.3 is 10.2 Å². The molecule has 90 valence electrons. The second-order valence-electron chi connectivity index (χ2n) is 4.59. The monoisotopic (exact) mass is 230 g/mol. The number of hydrogen-bond acceptors (Lipinski definition) is 3. The van der Waals surface area contributed by atoms with Crippen LogP contribution in [0.2, 0.25) is 0 Å². The molecule has 1 aliphatic carbocycles. The number of rotatable bonds is 8. The van der Waals surface area contributed by atoms with Crippen LogP contribution in [-0.2, 0) is 0 Å². The van der Waals surface area contributed by atoms with E-state index in [0.717, 1.165) is 6.04 Å². The SMILES string of the molecule is CSCCN(C)CCCNC1CCCC1. The van der Waals surface area contributed by atoms with Crippen LogP contribution in [0.3, 0.4) is 0 Å². The van der Waals surface area contributed by atoms with Crippen LogP contribution in [0, 0.1) is 0 Å². The predicted octanol–water partition coefficient (Wildman–Crippen LogP) is 2.20. The fourth-order valence-corrected chi connectivity index (χ4v) is 2.64. The molecular formula is C12H26N2S. The third-order valence-corrected chi connectivity index (χ3v) is 3.77. The molecule has 0 heterocycles. The van der Waals surface area contributed by atoms with Crippen molar-refractivity contribution in [3.63, 3.8) is 0 Å². The van der Waals surface area contributed by atoms with Crippen molar-refractivity contribution < 1.29 is 0 Å². The van der Waals surface area contributed by atoms with Crippen molar-refractivity contribution in [3.8, 4) is 0 Å². The van der Waals surface area contributed by atoms with Gasteiger partial charge in [0.05, 0.1) is 0 Å². The van der Waals surface area contributed by atoms with Gasteiger partial charge in [-0.2, -0.15) is 11.8 Å². The van der Waals surface area contributed by atoms with Crippen LogP contribution in [0.1, 0.15) is 32.1 Å². The smallest absolute Gasteiger partial charge is 0.00692 e. The van der Waals surface area contributed by atoms with Crippen LogP contribution < -0.4 is 5.32 Å². The summed E-state index contributed by atoms with van der Waals surface area (Å²) in [7, 11) is 2.23. The van der Waals surface area contributed by atoms with E-state index >= 15 is 0 Å². The maximum absolute atomic E-state index is 3.66. The number of nitrogens with zero attached hydrogens (tertiary/aromatic N) is 1. The standard InChI is InChI=1S/C12H26N2S/c1-14(10-11-15-2)9-5-8-13-12-6-3-4-7-12/h12-13H,3-11H2,1-2H3. The Morgan fingerprint density at radius 2 is 2.00 bits per heavy atom. The molecule has 1 rings (SSSR count). The van der Waals surface area contributed by atoms with Crippen LogP contribution in [0.15, 0.2) is 0 Å². The Labute approximate surface area is 99.2 Å². The lowest BCUT2D eigenvalue weighted by Crippen LogP contribution is -2.30. The molecule has 1 fully saturated rings. The summed E-state index contributed by atoms with van der Waals surface area (Å²) in [4.78, 5) is 2.44. The average molecular weight is 230 g/mol. The van der Waals surface area contributed by atoms with Crippen LogP contribution in [0.5, 0.6) is 0 Å². The largest absolute Gasteiger partial charge is 0.314 e. The fourth-order valence-electron chi connectivity index (χ4n) is 2.14. The van der Waals surface area contributed by atoms with Crippen molar-refractivity contribution in [1.29, 1.82) is 0 Å². The van der Waals surface area contributed by atoms with Gasteiger partial charge in [-0.3, -0.25) is 0 Å². The van der Waals surface area contributed by atoms with E-state index < -0.39 is 0 Å². The second-order valence-corrected chi connectivity index (χ2v) is 5.57. The Kier molecular flexibility index (Phi) is 7.49. The number of hydrogen-bond donors (Lipinski definition) is 1. The summed E-state index contributed by atoms with van der Waals surface area (Å²) >= 11 is 1.93. The molecule has 0 bridgehead atoms. The lowest BCUT2D eigenvalue weighted by Gasteiger charge is -2.17. The fraction of sp³-hybridized carbons (Fsp3) is 1.00. The zero-order chi connectivity index (χ0) is 10.9. The van der Waals surface area contributed by atoms with E-state index in [4.69, 9.17) is 0 Å². The van der Waals surface area contributed by atoms with Crippen molar-refractivity contribution in [3.05, 3.63) is 0 Å². The molecule has 2 nitrogen and oxygen atoms in total. The molecule has 3 heteroatoms. The second kappa shape index (κ2) is 8.43. The summed E-state index contributed by atoms with van der Waals surface area (Å²) in [6, 6.07) is 0.835. The lowest BCUT2D eigenvalue weighted by atomic mass is 10.2. The molecule has 0 aromatic rings. The van der Waals surface area contributed by atoms with E-state index in [1.165, 1.54) is 57.5 Å². The Balaban J connectivity index is 1.87. The Bertz CT molecular complexity index is 147. The molecular weight excluding hydrogens is 204 g/mol. The minimum atomic E-state index is 0.835. The molecule has 0 radical (unpaired) electrons. The van der Waals surface area contributed by atoms with E-state index in [2.05, 4.69) is 23.5 Å². The third kappa shape index (κ3) is 6.44. The van der Waals surface area contributed by atoms with E-state index in [0.29, 0.717) is 0 Å². The molecule has 0 aromatic heterocycles. The van der Waals surface area contributed by atoms with Gasteiger partial charge in [-0.15, -0.1) is 0 Å². The number of nitrogens with one attached hydrogen (secondary N) is 1. The van der Waals surface area contributed by atoms with Crippen LogP contribution in [0.4, 0.5) is 0 Å². The van der Waals surface area contributed by atoms with Gasteiger partial charge in [-0.05, 0) is 45.7 Å². The summed E-state index contributed by atoms with van der Waals surface area (Å²) in [5.74, 6) is 1.26. The van der Waals surface area contributed by atoms with Crippen LogP contribution in [0.25, 0.3) is 0 Å². The zero-order valence-electron chi connectivity index (χ0n) is 10.3. The van der Waals surface area contributed by atoms with E-state index in [-0.39, 0.29) is 0 Å². The molecule has 1 aliphatic rings. The minimum absolute atomic E-state index is 0.835. The first kappa shape index (κ1) is 13.3. The summed E-state index contributed by atoms with van der Waals surface area (Å²) in [6.07, 6.45) is 9.15. The van der Waals surface area contributed by atoms with Gasteiger partial charge in [-0.1, -0.05) is 12.8 Å². The van der Waals surface area contributed by atoms with Gasteiger partial charge in [0.2, 0.25) is 0 Å². The first-order chi connectivity index (χ1) is 7.33. The molecule has 15 heavy (non-hydrogen) atoms. The Hall–Kier alpha value is 0.270. The highest BCUT2D eigenvalue weighted by atomic mass is 32.2. The topological polar surface area (TPSA) is 15.3 Å². The maximum Gasteiger partial charge on any atom is 0.00692 e. The first-order valence-corrected chi connectivity index (χ1v) is 7.63. The highest BCUT2D eigenvalue weighted by Crippen LogP contribution is 2.17. The van der Waals surface area contributed by atoms with Crippen LogP contribution >= 0.6 is 11.8 Å². The molecule has 0 atom stereocenters. The van der Waals surface area contributed by atoms with E-state index in [9.17, 15) is 0 Å². The Morgan fingerprint density at radius 3 is 2.67 bits per heavy atom. The lowest BCUT2D eigenvalue weighted by molar-refractivity contribution is 0.342.